The van der Waals surface area contributed by atoms with Crippen LogP contribution in [-0.2, 0) is 13.6 Å². The molecule has 0 atom stereocenters. The molecule has 2 aromatic heterocycles. The third-order valence-electron chi connectivity index (χ3n) is 2.25. The second-order valence-electron chi connectivity index (χ2n) is 4.18. The Bertz CT molecular complexity index is 492. The van der Waals surface area contributed by atoms with E-state index in [2.05, 4.69) is 39.2 Å². The van der Waals surface area contributed by atoms with Crippen molar-refractivity contribution in [1.29, 1.82) is 0 Å². The Labute approximate surface area is 110 Å². The van der Waals surface area contributed by atoms with Gasteiger partial charge in [0, 0.05) is 37.6 Å². The lowest BCUT2D eigenvalue weighted by Crippen LogP contribution is -2.21. The van der Waals surface area contributed by atoms with E-state index < -0.39 is 0 Å². The van der Waals surface area contributed by atoms with Gasteiger partial charge in [-0.3, -0.25) is 0 Å². The van der Waals surface area contributed by atoms with Gasteiger partial charge in [-0.25, -0.2) is 19.6 Å². The molecule has 0 saturated heterocycles. The molecule has 2 rings (SSSR count). The largest absolute Gasteiger partial charge is 0.310 e. The van der Waals surface area contributed by atoms with E-state index in [0.717, 1.165) is 17.3 Å². The van der Waals surface area contributed by atoms with Gasteiger partial charge in [0.15, 0.2) is 10.3 Å². The molecule has 6 nitrogen and oxygen atoms in total. The number of rotatable bonds is 5. The van der Waals surface area contributed by atoms with Crippen LogP contribution in [0.5, 0.6) is 0 Å². The van der Waals surface area contributed by atoms with Crippen molar-refractivity contribution in [3.63, 3.8) is 0 Å². The molecule has 0 bridgehead atoms. The molecule has 0 aliphatic heterocycles. The van der Waals surface area contributed by atoms with E-state index in [-0.39, 0.29) is 0 Å². The molecule has 0 unspecified atom stereocenters. The van der Waals surface area contributed by atoms with Gasteiger partial charge in [0.2, 0.25) is 0 Å². The summed E-state index contributed by atoms with van der Waals surface area (Å²) in [5, 5.41) is 8.78. The Morgan fingerprint density at radius 2 is 2.00 bits per heavy atom. The van der Waals surface area contributed by atoms with E-state index >= 15 is 0 Å². The molecule has 0 aromatic carbocycles. The Morgan fingerprint density at radius 3 is 2.56 bits per heavy atom. The van der Waals surface area contributed by atoms with Crippen LogP contribution in [0.25, 0.3) is 0 Å². The fraction of sp³-hybridized carbons (Fsp3) is 0.455. The number of nitrogens with one attached hydrogen (secondary N) is 1. The van der Waals surface area contributed by atoms with E-state index in [9.17, 15) is 0 Å². The van der Waals surface area contributed by atoms with Crippen LogP contribution in [0.2, 0.25) is 0 Å². The van der Waals surface area contributed by atoms with Crippen molar-refractivity contribution in [3.8, 4) is 0 Å². The van der Waals surface area contributed by atoms with Gasteiger partial charge in [-0.1, -0.05) is 13.8 Å². The van der Waals surface area contributed by atoms with E-state index in [1.54, 1.807) is 4.68 Å². The fourth-order valence-electron chi connectivity index (χ4n) is 1.27. The molecular weight excluding hydrogens is 248 g/mol. The van der Waals surface area contributed by atoms with Crippen LogP contribution < -0.4 is 5.32 Å². The average Bonchev–Trinajstić information content (AvgIpc) is 2.74. The summed E-state index contributed by atoms with van der Waals surface area (Å²) >= 11 is 1.40. The van der Waals surface area contributed by atoms with Crippen molar-refractivity contribution in [2.24, 2.45) is 7.05 Å². The number of nitrogens with zero attached hydrogens (tertiary/aromatic N) is 5. The molecule has 0 aliphatic rings. The third-order valence-corrected chi connectivity index (χ3v) is 3.19. The maximum absolute atomic E-state index is 4.30. The van der Waals surface area contributed by atoms with Crippen molar-refractivity contribution in [1.82, 2.24) is 30.0 Å². The van der Waals surface area contributed by atoms with Crippen molar-refractivity contribution < 1.29 is 0 Å². The van der Waals surface area contributed by atoms with Crippen molar-refractivity contribution in [2.45, 2.75) is 36.7 Å². The van der Waals surface area contributed by atoms with Crippen LogP contribution in [0, 0.1) is 0 Å². The van der Waals surface area contributed by atoms with Gasteiger partial charge < -0.3 is 5.32 Å². The molecule has 0 fully saturated rings. The van der Waals surface area contributed by atoms with Crippen LogP contribution in [0.4, 0.5) is 0 Å². The molecule has 0 spiro atoms. The number of aromatic nitrogens is 5. The summed E-state index contributed by atoms with van der Waals surface area (Å²) in [6, 6.07) is 0.456. The monoisotopic (exact) mass is 264 g/mol. The summed E-state index contributed by atoms with van der Waals surface area (Å²) in [5.74, 6) is 0. The van der Waals surface area contributed by atoms with Crippen LogP contribution in [0.1, 0.15) is 19.4 Å². The topological polar surface area (TPSA) is 68.5 Å². The minimum absolute atomic E-state index is 0.456. The van der Waals surface area contributed by atoms with Gasteiger partial charge in [0.1, 0.15) is 6.33 Å². The summed E-state index contributed by atoms with van der Waals surface area (Å²) in [4.78, 5) is 12.7. The SMILES string of the molecule is CC(C)NCc1cnc(Sc2ncnn2C)nc1. The highest BCUT2D eigenvalue weighted by Gasteiger charge is 2.06. The van der Waals surface area contributed by atoms with Crippen molar-refractivity contribution >= 4 is 11.8 Å². The lowest BCUT2D eigenvalue weighted by Gasteiger charge is -2.07. The first kappa shape index (κ1) is 13.0. The molecule has 96 valence electrons. The van der Waals surface area contributed by atoms with Crippen LogP contribution in [-0.4, -0.2) is 30.8 Å². The summed E-state index contributed by atoms with van der Waals surface area (Å²) in [7, 11) is 1.84. The lowest BCUT2D eigenvalue weighted by atomic mass is 10.3. The van der Waals surface area contributed by atoms with Gasteiger partial charge >= 0.3 is 0 Å². The van der Waals surface area contributed by atoms with Gasteiger partial charge in [-0.05, 0) is 11.8 Å². The third kappa shape index (κ3) is 3.51. The first-order valence-electron chi connectivity index (χ1n) is 5.71. The van der Waals surface area contributed by atoms with E-state index in [0.29, 0.717) is 11.2 Å². The van der Waals surface area contributed by atoms with Crippen molar-refractivity contribution in [3.05, 3.63) is 24.3 Å². The number of hydrogen-bond acceptors (Lipinski definition) is 6. The Morgan fingerprint density at radius 1 is 1.28 bits per heavy atom. The second-order valence-corrected chi connectivity index (χ2v) is 5.11. The van der Waals surface area contributed by atoms with Gasteiger partial charge in [0.25, 0.3) is 0 Å². The van der Waals surface area contributed by atoms with Gasteiger partial charge in [0.05, 0.1) is 0 Å². The van der Waals surface area contributed by atoms with Crippen LogP contribution >= 0.6 is 11.8 Å². The standard InChI is InChI=1S/C11H16N6S/c1-8(2)12-4-9-5-13-10(14-6-9)18-11-15-7-16-17(11)3/h5-8,12H,4H2,1-3H3. The van der Waals surface area contributed by atoms with E-state index in [1.807, 2.05) is 19.4 Å². The smallest absolute Gasteiger partial charge is 0.195 e. The minimum atomic E-state index is 0.456. The average molecular weight is 264 g/mol. The molecule has 2 heterocycles. The molecule has 7 heteroatoms. The van der Waals surface area contributed by atoms with Gasteiger partial charge in [-0.15, -0.1) is 0 Å². The molecule has 1 N–H and O–H groups in total. The summed E-state index contributed by atoms with van der Waals surface area (Å²) in [5.41, 5.74) is 1.08. The molecule has 0 saturated carbocycles. The molecule has 18 heavy (non-hydrogen) atoms. The molecule has 0 radical (unpaired) electrons. The van der Waals surface area contributed by atoms with E-state index in [4.69, 9.17) is 0 Å². The molecule has 0 aliphatic carbocycles. The molecule has 2 aromatic rings. The zero-order valence-corrected chi connectivity index (χ0v) is 11.5. The predicted octanol–water partition coefficient (Wildman–Crippen LogP) is 1.25. The van der Waals surface area contributed by atoms with E-state index in [1.165, 1.54) is 18.1 Å². The maximum atomic E-state index is 4.30. The molecular formula is C11H16N6S. The number of aryl methyl sites for hydroxylation is 1. The van der Waals surface area contributed by atoms with Crippen LogP contribution in [0.15, 0.2) is 29.0 Å². The normalized spacial score (nSPS) is 11.1. The van der Waals surface area contributed by atoms with Gasteiger partial charge in [-0.2, -0.15) is 5.10 Å². The summed E-state index contributed by atoms with van der Waals surface area (Å²) in [6.45, 7) is 5.00. The zero-order valence-electron chi connectivity index (χ0n) is 10.7. The first-order valence-corrected chi connectivity index (χ1v) is 6.53. The summed E-state index contributed by atoms with van der Waals surface area (Å²) < 4.78 is 1.70. The Kier molecular flexibility index (Phi) is 4.27. The Hall–Kier alpha value is -1.47. The maximum Gasteiger partial charge on any atom is 0.195 e. The van der Waals surface area contributed by atoms with Crippen LogP contribution in [0.3, 0.4) is 0 Å². The fourth-order valence-corrected chi connectivity index (χ4v) is 1.92. The first-order chi connectivity index (χ1) is 8.65. The predicted molar refractivity (Wildman–Crippen MR) is 69.1 cm³/mol. The molecule has 0 amide bonds. The van der Waals surface area contributed by atoms with Crippen molar-refractivity contribution in [2.75, 3.05) is 0 Å². The number of hydrogen-bond donors (Lipinski definition) is 1. The Balaban J connectivity index is 1.97. The lowest BCUT2D eigenvalue weighted by molar-refractivity contribution is 0.585. The highest BCUT2D eigenvalue weighted by Crippen LogP contribution is 2.20. The second kappa shape index (κ2) is 5.92. The summed E-state index contributed by atoms with van der Waals surface area (Å²) in [6.07, 6.45) is 5.19. The highest BCUT2D eigenvalue weighted by molar-refractivity contribution is 7.99. The zero-order chi connectivity index (χ0) is 13.0. The highest BCUT2D eigenvalue weighted by atomic mass is 32.2. The minimum Gasteiger partial charge on any atom is -0.310 e. The quantitative estimate of drug-likeness (QED) is 0.820.